The molecular weight excluding hydrogens is 204 g/mol. The van der Waals surface area contributed by atoms with Crippen LogP contribution in [0.25, 0.3) is 0 Å². The molecule has 0 aliphatic carbocycles. The van der Waals surface area contributed by atoms with Crippen molar-refractivity contribution in [3.05, 3.63) is 30.3 Å². The van der Waals surface area contributed by atoms with Gasteiger partial charge in [0.05, 0.1) is 24.5 Å². The fraction of sp³-hybridized carbons (Fsp3) is 0.333. The highest BCUT2D eigenvalue weighted by Gasteiger charge is 2.27. The van der Waals surface area contributed by atoms with Crippen LogP contribution in [0.15, 0.2) is 35.3 Å². The first-order valence-electron chi connectivity index (χ1n) is 5.18. The number of carbonyl (C=O) groups is 1. The van der Waals surface area contributed by atoms with E-state index in [1.807, 2.05) is 30.3 Å². The minimum atomic E-state index is -0.0783. The van der Waals surface area contributed by atoms with Crippen molar-refractivity contribution in [1.82, 2.24) is 4.90 Å². The topological polar surface area (TPSA) is 41.9 Å². The van der Waals surface area contributed by atoms with Gasteiger partial charge < -0.3 is 9.64 Å². The van der Waals surface area contributed by atoms with Crippen LogP contribution < -0.4 is 0 Å². The highest BCUT2D eigenvalue weighted by atomic mass is 16.5. The number of nitrogens with zero attached hydrogens (tertiary/aromatic N) is 2. The van der Waals surface area contributed by atoms with Crippen molar-refractivity contribution in [2.24, 2.45) is 4.99 Å². The molecule has 0 aromatic heterocycles. The standard InChI is InChI=1S/C12H14N2O2/c1-16-12-8-14(9-15)7-11(12)13-10-5-3-2-4-6-10/h2-6,9,12H,7-8H2,1H3. The number of benzene rings is 1. The van der Waals surface area contributed by atoms with Crippen molar-refractivity contribution >= 4 is 17.8 Å². The van der Waals surface area contributed by atoms with E-state index in [0.717, 1.165) is 17.8 Å². The van der Waals surface area contributed by atoms with Crippen LogP contribution in [0, 0.1) is 0 Å². The molecule has 1 aromatic rings. The molecule has 1 aliphatic heterocycles. The number of aliphatic imine (C=N–C) groups is 1. The van der Waals surface area contributed by atoms with Crippen LogP contribution in [0.3, 0.4) is 0 Å². The molecule has 1 amide bonds. The molecule has 0 radical (unpaired) electrons. The predicted octanol–water partition coefficient (Wildman–Crippen LogP) is 1.25. The molecule has 0 spiro atoms. The molecule has 0 saturated carbocycles. The molecule has 1 aliphatic rings. The Labute approximate surface area is 94.5 Å². The first kappa shape index (κ1) is 10.8. The molecule has 2 rings (SSSR count). The summed E-state index contributed by atoms with van der Waals surface area (Å²) in [5, 5.41) is 0. The summed E-state index contributed by atoms with van der Waals surface area (Å²) >= 11 is 0. The van der Waals surface area contributed by atoms with Gasteiger partial charge in [-0.2, -0.15) is 0 Å². The molecule has 4 heteroatoms. The monoisotopic (exact) mass is 218 g/mol. The molecule has 1 fully saturated rings. The minimum Gasteiger partial charge on any atom is -0.374 e. The second-order valence-electron chi connectivity index (χ2n) is 3.70. The van der Waals surface area contributed by atoms with E-state index in [1.54, 1.807) is 12.0 Å². The van der Waals surface area contributed by atoms with E-state index in [1.165, 1.54) is 0 Å². The molecule has 0 N–H and O–H groups in total. The Hall–Kier alpha value is -1.68. The molecule has 1 heterocycles. The molecule has 1 unspecified atom stereocenters. The summed E-state index contributed by atoms with van der Waals surface area (Å²) in [6, 6.07) is 9.69. The first-order chi connectivity index (χ1) is 7.83. The number of methoxy groups -OCH3 is 1. The van der Waals surface area contributed by atoms with Crippen LogP contribution >= 0.6 is 0 Å². The van der Waals surface area contributed by atoms with Crippen LogP contribution in [0.2, 0.25) is 0 Å². The van der Waals surface area contributed by atoms with E-state index < -0.39 is 0 Å². The quantitative estimate of drug-likeness (QED) is 0.716. The molecule has 16 heavy (non-hydrogen) atoms. The van der Waals surface area contributed by atoms with Crippen molar-refractivity contribution in [3.8, 4) is 0 Å². The maximum Gasteiger partial charge on any atom is 0.210 e. The number of ether oxygens (including phenoxy) is 1. The third kappa shape index (κ3) is 2.28. The molecule has 1 atom stereocenters. The normalized spacial score (nSPS) is 22.7. The van der Waals surface area contributed by atoms with Gasteiger partial charge in [0.15, 0.2) is 0 Å². The van der Waals surface area contributed by atoms with Crippen LogP contribution in [0.4, 0.5) is 5.69 Å². The zero-order chi connectivity index (χ0) is 11.4. The average Bonchev–Trinajstić information content (AvgIpc) is 2.73. The fourth-order valence-corrected chi connectivity index (χ4v) is 1.76. The lowest BCUT2D eigenvalue weighted by molar-refractivity contribution is -0.117. The van der Waals surface area contributed by atoms with Crippen molar-refractivity contribution < 1.29 is 9.53 Å². The van der Waals surface area contributed by atoms with Gasteiger partial charge in [-0.25, -0.2) is 0 Å². The van der Waals surface area contributed by atoms with E-state index in [2.05, 4.69) is 4.99 Å². The third-order valence-electron chi connectivity index (χ3n) is 2.60. The van der Waals surface area contributed by atoms with E-state index in [0.29, 0.717) is 13.1 Å². The number of rotatable bonds is 3. The summed E-state index contributed by atoms with van der Waals surface area (Å²) in [7, 11) is 1.64. The van der Waals surface area contributed by atoms with E-state index in [4.69, 9.17) is 4.74 Å². The molecule has 0 bridgehead atoms. The first-order valence-corrected chi connectivity index (χ1v) is 5.18. The van der Waals surface area contributed by atoms with E-state index in [9.17, 15) is 4.79 Å². The zero-order valence-electron chi connectivity index (χ0n) is 9.17. The van der Waals surface area contributed by atoms with Crippen molar-refractivity contribution in [2.45, 2.75) is 6.10 Å². The van der Waals surface area contributed by atoms with Crippen molar-refractivity contribution in [1.29, 1.82) is 0 Å². The Morgan fingerprint density at radius 3 is 2.81 bits per heavy atom. The molecule has 4 nitrogen and oxygen atoms in total. The minimum absolute atomic E-state index is 0.0783. The number of likely N-dealkylation sites (tertiary alicyclic amines) is 1. The Morgan fingerprint density at radius 2 is 2.19 bits per heavy atom. The van der Waals surface area contributed by atoms with Gasteiger partial charge in [0.1, 0.15) is 6.10 Å². The number of hydrogen-bond donors (Lipinski definition) is 0. The van der Waals surface area contributed by atoms with Crippen molar-refractivity contribution in [2.75, 3.05) is 20.2 Å². The van der Waals surface area contributed by atoms with Gasteiger partial charge in [0, 0.05) is 7.11 Å². The Kier molecular flexibility index (Phi) is 3.31. The Morgan fingerprint density at radius 1 is 1.44 bits per heavy atom. The second-order valence-corrected chi connectivity index (χ2v) is 3.70. The molecule has 1 aromatic carbocycles. The predicted molar refractivity (Wildman–Crippen MR) is 62.0 cm³/mol. The van der Waals surface area contributed by atoms with Crippen LogP contribution in [0.5, 0.6) is 0 Å². The summed E-state index contributed by atoms with van der Waals surface area (Å²) in [4.78, 5) is 16.8. The molecule has 1 saturated heterocycles. The lowest BCUT2D eigenvalue weighted by Gasteiger charge is -2.07. The average molecular weight is 218 g/mol. The van der Waals surface area contributed by atoms with Gasteiger partial charge in [-0.05, 0) is 12.1 Å². The van der Waals surface area contributed by atoms with Gasteiger partial charge in [-0.3, -0.25) is 9.79 Å². The number of hydrogen-bond acceptors (Lipinski definition) is 3. The van der Waals surface area contributed by atoms with Gasteiger partial charge in [-0.15, -0.1) is 0 Å². The SMILES string of the molecule is COC1CN(C=O)CC1=Nc1ccccc1. The maximum atomic E-state index is 10.7. The number of amides is 1. The van der Waals surface area contributed by atoms with E-state index >= 15 is 0 Å². The smallest absolute Gasteiger partial charge is 0.210 e. The van der Waals surface area contributed by atoms with Gasteiger partial charge in [0.2, 0.25) is 6.41 Å². The summed E-state index contributed by atoms with van der Waals surface area (Å²) in [6.07, 6.45) is 0.755. The van der Waals surface area contributed by atoms with Crippen molar-refractivity contribution in [3.63, 3.8) is 0 Å². The lowest BCUT2D eigenvalue weighted by Crippen LogP contribution is -2.21. The van der Waals surface area contributed by atoms with Gasteiger partial charge in [0.25, 0.3) is 0 Å². The third-order valence-corrected chi connectivity index (χ3v) is 2.60. The maximum absolute atomic E-state index is 10.7. The molecular formula is C12H14N2O2. The number of para-hydroxylation sites is 1. The highest BCUT2D eigenvalue weighted by Crippen LogP contribution is 2.15. The second kappa shape index (κ2) is 4.90. The lowest BCUT2D eigenvalue weighted by atomic mass is 10.2. The van der Waals surface area contributed by atoms with Crippen LogP contribution in [-0.2, 0) is 9.53 Å². The Balaban J connectivity index is 2.19. The largest absolute Gasteiger partial charge is 0.374 e. The zero-order valence-corrected chi connectivity index (χ0v) is 9.17. The van der Waals surface area contributed by atoms with Crippen LogP contribution in [-0.4, -0.2) is 43.3 Å². The van der Waals surface area contributed by atoms with E-state index in [-0.39, 0.29) is 6.10 Å². The van der Waals surface area contributed by atoms with Gasteiger partial charge in [-0.1, -0.05) is 18.2 Å². The summed E-state index contributed by atoms with van der Waals surface area (Å²) in [5.74, 6) is 0. The Bertz CT molecular complexity index is 389. The number of carbonyl (C=O) groups excluding carboxylic acids is 1. The fourth-order valence-electron chi connectivity index (χ4n) is 1.76. The van der Waals surface area contributed by atoms with Crippen LogP contribution in [0.1, 0.15) is 0 Å². The summed E-state index contributed by atoms with van der Waals surface area (Å²) in [6.45, 7) is 1.14. The highest BCUT2D eigenvalue weighted by molar-refractivity contribution is 5.96. The van der Waals surface area contributed by atoms with Gasteiger partial charge >= 0.3 is 0 Å². The summed E-state index contributed by atoms with van der Waals surface area (Å²) < 4.78 is 5.30. The summed E-state index contributed by atoms with van der Waals surface area (Å²) in [5.41, 5.74) is 1.80. The molecule has 84 valence electrons.